The molecular formula is C12H23NO. The fraction of sp³-hybridized carbons (Fsp3) is 1.00. The molecule has 0 spiro atoms. The molecule has 1 N–H and O–H groups in total. The molecule has 14 heavy (non-hydrogen) atoms. The summed E-state index contributed by atoms with van der Waals surface area (Å²) in [5.74, 6) is 0.954. The monoisotopic (exact) mass is 197 g/mol. The first-order chi connectivity index (χ1) is 6.84. The van der Waals surface area contributed by atoms with Crippen LogP contribution in [0.25, 0.3) is 0 Å². The molecule has 2 fully saturated rings. The molecule has 1 heterocycles. The van der Waals surface area contributed by atoms with Gasteiger partial charge in [-0.25, -0.2) is 0 Å². The van der Waals surface area contributed by atoms with Crippen LogP contribution < -0.4 is 5.32 Å². The lowest BCUT2D eigenvalue weighted by Crippen LogP contribution is -2.37. The van der Waals surface area contributed by atoms with Crippen LogP contribution in [0.5, 0.6) is 0 Å². The van der Waals surface area contributed by atoms with Crippen LogP contribution in [0.4, 0.5) is 0 Å². The van der Waals surface area contributed by atoms with Crippen molar-refractivity contribution in [3.05, 3.63) is 0 Å². The minimum atomic E-state index is 0.509. The van der Waals surface area contributed by atoms with Gasteiger partial charge in [0.05, 0.1) is 6.10 Å². The zero-order valence-electron chi connectivity index (χ0n) is 9.30. The fourth-order valence-corrected chi connectivity index (χ4v) is 2.57. The van der Waals surface area contributed by atoms with E-state index in [0.29, 0.717) is 6.10 Å². The van der Waals surface area contributed by atoms with Crippen molar-refractivity contribution in [3.8, 4) is 0 Å². The topological polar surface area (TPSA) is 21.3 Å². The summed E-state index contributed by atoms with van der Waals surface area (Å²) >= 11 is 0. The highest BCUT2D eigenvalue weighted by atomic mass is 16.5. The number of hydrogen-bond donors (Lipinski definition) is 1. The molecule has 0 amide bonds. The van der Waals surface area contributed by atoms with Crippen molar-refractivity contribution in [2.75, 3.05) is 13.2 Å². The average molecular weight is 197 g/mol. The van der Waals surface area contributed by atoms with Crippen LogP contribution in [0.3, 0.4) is 0 Å². The molecule has 82 valence electrons. The van der Waals surface area contributed by atoms with Crippen LogP contribution in [-0.4, -0.2) is 25.3 Å². The molecule has 1 aliphatic heterocycles. The first-order valence-corrected chi connectivity index (χ1v) is 6.19. The Kier molecular flexibility index (Phi) is 3.82. The third-order valence-electron chi connectivity index (χ3n) is 3.67. The zero-order valence-corrected chi connectivity index (χ0v) is 9.30. The van der Waals surface area contributed by atoms with Gasteiger partial charge in [0.2, 0.25) is 0 Å². The van der Waals surface area contributed by atoms with Crippen molar-refractivity contribution in [1.29, 1.82) is 0 Å². The summed E-state index contributed by atoms with van der Waals surface area (Å²) in [6.07, 6.45) is 8.58. The minimum absolute atomic E-state index is 0.509. The Hall–Kier alpha value is -0.0800. The van der Waals surface area contributed by atoms with Crippen molar-refractivity contribution in [3.63, 3.8) is 0 Å². The van der Waals surface area contributed by atoms with E-state index in [1.165, 1.54) is 38.5 Å². The van der Waals surface area contributed by atoms with Gasteiger partial charge in [-0.1, -0.05) is 6.92 Å². The maximum Gasteiger partial charge on any atom is 0.0700 e. The van der Waals surface area contributed by atoms with Crippen LogP contribution in [-0.2, 0) is 4.74 Å². The van der Waals surface area contributed by atoms with E-state index in [1.54, 1.807) is 0 Å². The molecule has 0 radical (unpaired) electrons. The van der Waals surface area contributed by atoms with Gasteiger partial charge in [-0.15, -0.1) is 0 Å². The number of rotatable bonds is 3. The summed E-state index contributed by atoms with van der Waals surface area (Å²) in [7, 11) is 0. The van der Waals surface area contributed by atoms with Crippen LogP contribution in [0.1, 0.15) is 45.4 Å². The summed E-state index contributed by atoms with van der Waals surface area (Å²) < 4.78 is 5.60. The summed E-state index contributed by atoms with van der Waals surface area (Å²) in [6.45, 7) is 4.43. The largest absolute Gasteiger partial charge is 0.377 e. The van der Waals surface area contributed by atoms with E-state index < -0.39 is 0 Å². The van der Waals surface area contributed by atoms with Gasteiger partial charge in [0.25, 0.3) is 0 Å². The Labute approximate surface area is 87.4 Å². The molecule has 0 unspecified atom stereocenters. The van der Waals surface area contributed by atoms with Gasteiger partial charge < -0.3 is 10.1 Å². The van der Waals surface area contributed by atoms with Crippen LogP contribution in [0, 0.1) is 5.92 Å². The Morgan fingerprint density at radius 2 is 1.93 bits per heavy atom. The predicted octanol–water partition coefficient (Wildman–Crippen LogP) is 2.33. The van der Waals surface area contributed by atoms with E-state index in [-0.39, 0.29) is 0 Å². The minimum Gasteiger partial charge on any atom is -0.377 e. The van der Waals surface area contributed by atoms with E-state index in [4.69, 9.17) is 4.74 Å². The van der Waals surface area contributed by atoms with Gasteiger partial charge >= 0.3 is 0 Å². The van der Waals surface area contributed by atoms with Crippen LogP contribution in [0.15, 0.2) is 0 Å². The molecule has 2 aliphatic rings. The van der Waals surface area contributed by atoms with Crippen molar-refractivity contribution < 1.29 is 4.74 Å². The Bertz CT molecular complexity index is 158. The molecule has 2 rings (SSSR count). The predicted molar refractivity (Wildman–Crippen MR) is 58.4 cm³/mol. The first kappa shape index (κ1) is 10.4. The Morgan fingerprint density at radius 3 is 2.57 bits per heavy atom. The van der Waals surface area contributed by atoms with Crippen molar-refractivity contribution >= 4 is 0 Å². The van der Waals surface area contributed by atoms with E-state index in [9.17, 15) is 0 Å². The molecule has 0 aromatic carbocycles. The quantitative estimate of drug-likeness (QED) is 0.750. The van der Waals surface area contributed by atoms with Gasteiger partial charge in [0, 0.05) is 19.2 Å². The van der Waals surface area contributed by atoms with Gasteiger partial charge in [0.15, 0.2) is 0 Å². The second-order valence-electron chi connectivity index (χ2n) is 5.00. The van der Waals surface area contributed by atoms with Gasteiger partial charge in [-0.3, -0.25) is 0 Å². The maximum absolute atomic E-state index is 5.60. The summed E-state index contributed by atoms with van der Waals surface area (Å²) in [5.41, 5.74) is 0. The van der Waals surface area contributed by atoms with E-state index in [0.717, 1.165) is 25.1 Å². The van der Waals surface area contributed by atoms with Crippen LogP contribution in [0.2, 0.25) is 0 Å². The summed E-state index contributed by atoms with van der Waals surface area (Å²) in [5, 5.41) is 3.66. The lowest BCUT2D eigenvalue weighted by Gasteiger charge is -2.27. The smallest absolute Gasteiger partial charge is 0.0700 e. The van der Waals surface area contributed by atoms with E-state index in [2.05, 4.69) is 12.2 Å². The average Bonchev–Trinajstić information content (AvgIpc) is 2.70. The first-order valence-electron chi connectivity index (χ1n) is 6.19. The third kappa shape index (κ3) is 2.96. The second-order valence-corrected chi connectivity index (χ2v) is 5.00. The van der Waals surface area contributed by atoms with Crippen molar-refractivity contribution in [2.24, 2.45) is 5.92 Å². The number of hydrogen-bond acceptors (Lipinski definition) is 2. The lowest BCUT2D eigenvalue weighted by atomic mass is 9.87. The second kappa shape index (κ2) is 5.13. The highest BCUT2D eigenvalue weighted by Crippen LogP contribution is 2.23. The van der Waals surface area contributed by atoms with Gasteiger partial charge in [-0.2, -0.15) is 0 Å². The standard InChI is InChI=1S/C12H23NO/c1-10-4-6-11(7-5-10)13-9-12-3-2-8-14-12/h10-13H,2-9H2,1H3/t10?,11?,12-/m0/s1. The number of ether oxygens (including phenoxy) is 1. The lowest BCUT2D eigenvalue weighted by molar-refractivity contribution is 0.105. The molecule has 1 saturated heterocycles. The highest BCUT2D eigenvalue weighted by Gasteiger charge is 2.20. The molecule has 0 aromatic rings. The SMILES string of the molecule is CC1CCC(NC[C@@H]2CCCO2)CC1. The molecule has 1 saturated carbocycles. The van der Waals surface area contributed by atoms with Gasteiger partial charge in [0.1, 0.15) is 0 Å². The zero-order chi connectivity index (χ0) is 9.80. The molecule has 2 heteroatoms. The molecule has 1 atom stereocenters. The summed E-state index contributed by atoms with van der Waals surface area (Å²) in [6, 6.07) is 0.774. The Morgan fingerprint density at radius 1 is 1.14 bits per heavy atom. The normalized spacial score (nSPS) is 38.8. The molecule has 0 bridgehead atoms. The molecular weight excluding hydrogens is 174 g/mol. The number of nitrogens with one attached hydrogen (secondary N) is 1. The van der Waals surface area contributed by atoms with Crippen LogP contribution >= 0.6 is 0 Å². The van der Waals surface area contributed by atoms with Gasteiger partial charge in [-0.05, 0) is 44.4 Å². The maximum atomic E-state index is 5.60. The fourth-order valence-electron chi connectivity index (χ4n) is 2.57. The highest BCUT2D eigenvalue weighted by molar-refractivity contribution is 4.77. The Balaban J connectivity index is 1.60. The van der Waals surface area contributed by atoms with Crippen molar-refractivity contribution in [1.82, 2.24) is 5.32 Å². The summed E-state index contributed by atoms with van der Waals surface area (Å²) in [4.78, 5) is 0. The molecule has 1 aliphatic carbocycles. The molecule has 0 aromatic heterocycles. The van der Waals surface area contributed by atoms with E-state index in [1.807, 2.05) is 0 Å². The van der Waals surface area contributed by atoms with E-state index >= 15 is 0 Å². The third-order valence-corrected chi connectivity index (χ3v) is 3.67. The van der Waals surface area contributed by atoms with Crippen molar-refractivity contribution in [2.45, 2.75) is 57.6 Å². The molecule has 2 nitrogen and oxygen atoms in total.